The highest BCUT2D eigenvalue weighted by molar-refractivity contribution is 5.81. The molecule has 0 unspecified atom stereocenters. The van der Waals surface area contributed by atoms with Crippen LogP contribution in [0.3, 0.4) is 0 Å². The minimum atomic E-state index is -0.474. The zero-order valence-electron chi connectivity index (χ0n) is 9.61. The topological polar surface area (TPSA) is 46.3 Å². The molecular weight excluding hydrogens is 207 g/mol. The van der Waals surface area contributed by atoms with Crippen molar-refractivity contribution in [2.75, 3.05) is 7.05 Å². The van der Waals surface area contributed by atoms with E-state index in [1.54, 1.807) is 19.2 Å². The lowest BCUT2D eigenvalue weighted by atomic mass is 10.1. The van der Waals surface area contributed by atoms with Crippen molar-refractivity contribution in [1.82, 2.24) is 4.90 Å². The third kappa shape index (κ3) is 3.31. The quantitative estimate of drug-likeness (QED) is 0.842. The molecule has 0 bridgehead atoms. The van der Waals surface area contributed by atoms with E-state index in [9.17, 15) is 9.18 Å². The summed E-state index contributed by atoms with van der Waals surface area (Å²) in [6, 6.07) is 5.73. The van der Waals surface area contributed by atoms with Gasteiger partial charge in [0.25, 0.3) is 0 Å². The number of hydrogen-bond acceptors (Lipinski definition) is 2. The lowest BCUT2D eigenvalue weighted by Gasteiger charge is -2.20. The van der Waals surface area contributed by atoms with E-state index in [1.807, 2.05) is 6.92 Å². The molecule has 16 heavy (non-hydrogen) atoms. The average molecular weight is 224 g/mol. The van der Waals surface area contributed by atoms with Crippen LogP contribution >= 0.6 is 0 Å². The highest BCUT2D eigenvalue weighted by atomic mass is 19.1. The predicted molar refractivity (Wildman–Crippen MR) is 61.1 cm³/mol. The summed E-state index contributed by atoms with van der Waals surface area (Å²) in [7, 11) is 1.67. The van der Waals surface area contributed by atoms with E-state index in [1.165, 1.54) is 17.0 Å². The van der Waals surface area contributed by atoms with Crippen LogP contribution in [-0.2, 0) is 11.3 Å². The largest absolute Gasteiger partial charge is 0.340 e. The Morgan fingerprint density at radius 2 is 2.25 bits per heavy atom. The molecule has 4 heteroatoms. The first-order valence-corrected chi connectivity index (χ1v) is 5.29. The third-order valence-electron chi connectivity index (χ3n) is 2.44. The Labute approximate surface area is 95.0 Å². The predicted octanol–water partition coefficient (Wildman–Crippen LogP) is 1.52. The third-order valence-corrected chi connectivity index (χ3v) is 2.44. The molecule has 88 valence electrons. The smallest absolute Gasteiger partial charge is 0.239 e. The number of hydrogen-bond donors (Lipinski definition) is 1. The summed E-state index contributed by atoms with van der Waals surface area (Å²) in [6.07, 6.45) is 0.603. The van der Waals surface area contributed by atoms with Crippen LogP contribution < -0.4 is 5.73 Å². The van der Waals surface area contributed by atoms with Gasteiger partial charge in [-0.25, -0.2) is 4.39 Å². The molecule has 0 saturated carbocycles. The van der Waals surface area contributed by atoms with Gasteiger partial charge in [0.1, 0.15) is 5.82 Å². The number of carbonyl (C=O) groups excluding carboxylic acids is 1. The second-order valence-corrected chi connectivity index (χ2v) is 3.84. The Balaban J connectivity index is 2.64. The number of likely N-dealkylation sites (N-methyl/N-ethyl adjacent to an activating group) is 1. The van der Waals surface area contributed by atoms with Crippen LogP contribution in [0.1, 0.15) is 18.9 Å². The molecule has 0 aliphatic heterocycles. The van der Waals surface area contributed by atoms with Gasteiger partial charge in [0.15, 0.2) is 0 Å². The molecule has 0 heterocycles. The minimum Gasteiger partial charge on any atom is -0.340 e. The molecule has 0 fully saturated rings. The van der Waals surface area contributed by atoms with Crippen molar-refractivity contribution in [2.24, 2.45) is 5.73 Å². The van der Waals surface area contributed by atoms with Gasteiger partial charge in [0.2, 0.25) is 5.91 Å². The van der Waals surface area contributed by atoms with Crippen LogP contribution in [0.2, 0.25) is 0 Å². The average Bonchev–Trinajstić information content (AvgIpc) is 2.27. The molecule has 2 N–H and O–H groups in total. The maximum absolute atomic E-state index is 12.9. The Kier molecular flexibility index (Phi) is 4.43. The number of benzene rings is 1. The van der Waals surface area contributed by atoms with Crippen LogP contribution in [0, 0.1) is 5.82 Å². The van der Waals surface area contributed by atoms with E-state index in [4.69, 9.17) is 5.73 Å². The summed E-state index contributed by atoms with van der Waals surface area (Å²) in [4.78, 5) is 13.2. The van der Waals surface area contributed by atoms with Crippen molar-refractivity contribution in [1.29, 1.82) is 0 Å². The lowest BCUT2D eigenvalue weighted by molar-refractivity contribution is -0.131. The molecular formula is C12H17FN2O. The van der Waals surface area contributed by atoms with Gasteiger partial charge in [-0.1, -0.05) is 19.1 Å². The molecule has 0 radical (unpaired) electrons. The van der Waals surface area contributed by atoms with E-state index in [0.29, 0.717) is 13.0 Å². The molecule has 0 aliphatic rings. The summed E-state index contributed by atoms with van der Waals surface area (Å²) in [5.74, 6) is -0.412. The van der Waals surface area contributed by atoms with Crippen molar-refractivity contribution >= 4 is 5.91 Å². The van der Waals surface area contributed by atoms with Gasteiger partial charge >= 0.3 is 0 Å². The molecule has 0 aromatic heterocycles. The van der Waals surface area contributed by atoms with Gasteiger partial charge < -0.3 is 10.6 Å². The van der Waals surface area contributed by atoms with Crippen molar-refractivity contribution in [2.45, 2.75) is 25.9 Å². The van der Waals surface area contributed by atoms with E-state index in [-0.39, 0.29) is 11.7 Å². The standard InChI is InChI=1S/C12H17FN2O/c1-3-11(14)12(16)15(2)8-9-5-4-6-10(13)7-9/h4-7,11H,3,8,14H2,1-2H3/t11-/m1/s1. The van der Waals surface area contributed by atoms with E-state index >= 15 is 0 Å². The molecule has 1 aromatic rings. The van der Waals surface area contributed by atoms with E-state index < -0.39 is 6.04 Å². The van der Waals surface area contributed by atoms with Crippen molar-refractivity contribution in [3.05, 3.63) is 35.6 Å². The molecule has 1 amide bonds. The number of rotatable bonds is 4. The normalized spacial score (nSPS) is 12.2. The number of nitrogens with two attached hydrogens (primary N) is 1. The van der Waals surface area contributed by atoms with Crippen molar-refractivity contribution < 1.29 is 9.18 Å². The molecule has 3 nitrogen and oxygen atoms in total. The fourth-order valence-corrected chi connectivity index (χ4v) is 1.44. The Morgan fingerprint density at radius 3 is 2.81 bits per heavy atom. The molecule has 1 rings (SSSR count). The van der Waals surface area contributed by atoms with Crippen LogP contribution in [0.25, 0.3) is 0 Å². The number of nitrogens with zero attached hydrogens (tertiary/aromatic N) is 1. The van der Waals surface area contributed by atoms with E-state index in [0.717, 1.165) is 5.56 Å². The lowest BCUT2D eigenvalue weighted by Crippen LogP contribution is -2.40. The van der Waals surface area contributed by atoms with Crippen LogP contribution in [0.5, 0.6) is 0 Å². The minimum absolute atomic E-state index is 0.119. The molecule has 0 aliphatic carbocycles. The van der Waals surface area contributed by atoms with Gasteiger partial charge in [-0.3, -0.25) is 4.79 Å². The number of carbonyl (C=O) groups is 1. The zero-order chi connectivity index (χ0) is 12.1. The summed E-state index contributed by atoms with van der Waals surface area (Å²) in [6.45, 7) is 2.24. The number of halogens is 1. The first-order valence-electron chi connectivity index (χ1n) is 5.29. The van der Waals surface area contributed by atoms with Gasteiger partial charge in [0, 0.05) is 13.6 Å². The van der Waals surface area contributed by atoms with Crippen LogP contribution in [0.15, 0.2) is 24.3 Å². The summed E-state index contributed by atoms with van der Waals surface area (Å²) in [5, 5.41) is 0. The summed E-state index contributed by atoms with van der Waals surface area (Å²) < 4.78 is 12.9. The summed E-state index contributed by atoms with van der Waals surface area (Å²) >= 11 is 0. The number of amides is 1. The van der Waals surface area contributed by atoms with Crippen LogP contribution in [-0.4, -0.2) is 23.9 Å². The van der Waals surface area contributed by atoms with Gasteiger partial charge in [-0.2, -0.15) is 0 Å². The van der Waals surface area contributed by atoms with Gasteiger partial charge in [-0.15, -0.1) is 0 Å². The first-order chi connectivity index (χ1) is 7.54. The highest BCUT2D eigenvalue weighted by Crippen LogP contribution is 2.07. The Bertz CT molecular complexity index is 368. The van der Waals surface area contributed by atoms with Crippen LogP contribution in [0.4, 0.5) is 4.39 Å². The molecule has 0 spiro atoms. The molecule has 1 aromatic carbocycles. The second kappa shape index (κ2) is 5.61. The fraction of sp³-hybridized carbons (Fsp3) is 0.417. The van der Waals surface area contributed by atoms with E-state index in [2.05, 4.69) is 0 Å². The highest BCUT2D eigenvalue weighted by Gasteiger charge is 2.16. The zero-order valence-corrected chi connectivity index (χ0v) is 9.61. The maximum atomic E-state index is 12.9. The van der Waals surface area contributed by atoms with Crippen molar-refractivity contribution in [3.63, 3.8) is 0 Å². The monoisotopic (exact) mass is 224 g/mol. The maximum Gasteiger partial charge on any atom is 0.239 e. The van der Waals surface area contributed by atoms with Gasteiger partial charge in [-0.05, 0) is 24.1 Å². The molecule has 1 atom stereocenters. The van der Waals surface area contributed by atoms with Gasteiger partial charge in [0.05, 0.1) is 6.04 Å². The Hall–Kier alpha value is -1.42. The first kappa shape index (κ1) is 12.6. The van der Waals surface area contributed by atoms with Crippen molar-refractivity contribution in [3.8, 4) is 0 Å². The Morgan fingerprint density at radius 1 is 1.56 bits per heavy atom. The SMILES string of the molecule is CC[C@@H](N)C(=O)N(C)Cc1cccc(F)c1. The molecule has 0 saturated heterocycles. The fourth-order valence-electron chi connectivity index (χ4n) is 1.44. The second-order valence-electron chi connectivity index (χ2n) is 3.84. The summed E-state index contributed by atoms with van der Waals surface area (Å²) in [5.41, 5.74) is 6.40.